The van der Waals surface area contributed by atoms with E-state index in [0.29, 0.717) is 34.7 Å². The zero-order valence-electron chi connectivity index (χ0n) is 22.8. The van der Waals surface area contributed by atoms with Crippen molar-refractivity contribution in [3.63, 3.8) is 0 Å². The van der Waals surface area contributed by atoms with Crippen LogP contribution in [0.15, 0.2) is 58.2 Å². The highest BCUT2D eigenvalue weighted by atomic mass is 32.2. The molecule has 1 aliphatic carbocycles. The summed E-state index contributed by atoms with van der Waals surface area (Å²) in [6.45, 7) is 3.77. The first-order chi connectivity index (χ1) is 19.3. The maximum Gasteiger partial charge on any atom is 0.277 e. The van der Waals surface area contributed by atoms with E-state index in [1.807, 2.05) is 13.0 Å². The van der Waals surface area contributed by atoms with Gasteiger partial charge in [-0.15, -0.1) is 5.10 Å². The van der Waals surface area contributed by atoms with Gasteiger partial charge in [0.25, 0.3) is 5.56 Å². The van der Waals surface area contributed by atoms with Crippen LogP contribution in [-0.4, -0.2) is 46.3 Å². The van der Waals surface area contributed by atoms with Crippen molar-refractivity contribution in [1.82, 2.24) is 24.3 Å². The molecule has 0 aliphatic heterocycles. The molecule has 3 N–H and O–H groups in total. The maximum atomic E-state index is 13.3. The average molecular weight is 566 g/mol. The van der Waals surface area contributed by atoms with Crippen LogP contribution in [0.1, 0.15) is 74.6 Å². The van der Waals surface area contributed by atoms with E-state index >= 15 is 0 Å². The lowest BCUT2D eigenvalue weighted by Crippen LogP contribution is -2.28. The predicted octanol–water partition coefficient (Wildman–Crippen LogP) is 4.24. The fourth-order valence-corrected chi connectivity index (χ4v) is 6.39. The molecular formula is C29H35N5O5S. The topological polar surface area (TPSA) is 139 Å². The number of aromatic amines is 1. The molecule has 5 rings (SSSR count). The van der Waals surface area contributed by atoms with Crippen LogP contribution in [0.4, 0.5) is 0 Å². The van der Waals surface area contributed by atoms with Crippen LogP contribution in [0.5, 0.6) is 5.75 Å². The molecule has 0 spiro atoms. The first kappa shape index (κ1) is 28.0. The second-order valence-electron chi connectivity index (χ2n) is 10.2. The van der Waals surface area contributed by atoms with Gasteiger partial charge in [0.15, 0.2) is 11.3 Å². The first-order valence-corrected chi connectivity index (χ1v) is 15.3. The van der Waals surface area contributed by atoms with Crippen LogP contribution >= 0.6 is 0 Å². The average Bonchev–Trinajstić information content (AvgIpc) is 3.11. The van der Waals surface area contributed by atoms with Crippen LogP contribution in [0.2, 0.25) is 0 Å². The van der Waals surface area contributed by atoms with Crippen LogP contribution in [0.25, 0.3) is 16.9 Å². The van der Waals surface area contributed by atoms with Crippen molar-refractivity contribution in [3.05, 3.63) is 76.0 Å². The molecule has 1 fully saturated rings. The highest BCUT2D eigenvalue weighted by molar-refractivity contribution is 7.89. The molecule has 0 amide bonds. The summed E-state index contributed by atoms with van der Waals surface area (Å²) < 4.78 is 36.4. The number of imidazole rings is 1. The van der Waals surface area contributed by atoms with Gasteiger partial charge >= 0.3 is 0 Å². The Morgan fingerprint density at radius 3 is 2.55 bits per heavy atom. The first-order valence-electron chi connectivity index (χ1n) is 13.8. The highest BCUT2D eigenvalue weighted by Gasteiger charge is 2.25. The Balaban J connectivity index is 1.53. The second kappa shape index (κ2) is 11.9. The molecule has 1 saturated carbocycles. The Morgan fingerprint density at radius 2 is 1.85 bits per heavy atom. The highest BCUT2D eigenvalue weighted by Crippen LogP contribution is 2.33. The minimum Gasteiger partial charge on any atom is -0.493 e. The van der Waals surface area contributed by atoms with Crippen molar-refractivity contribution in [2.24, 2.45) is 0 Å². The fraction of sp³-hybridized carbons (Fsp3) is 0.414. The number of hydrogen-bond acceptors (Lipinski definition) is 7. The van der Waals surface area contributed by atoms with Gasteiger partial charge in [-0.25, -0.2) is 22.6 Å². The van der Waals surface area contributed by atoms with Crippen LogP contribution in [0.3, 0.4) is 0 Å². The predicted molar refractivity (Wildman–Crippen MR) is 152 cm³/mol. The molecule has 2 aromatic heterocycles. The van der Waals surface area contributed by atoms with Crippen molar-refractivity contribution < 1.29 is 18.3 Å². The Labute approximate surface area is 233 Å². The van der Waals surface area contributed by atoms with Gasteiger partial charge < -0.3 is 14.8 Å². The fourth-order valence-electron chi connectivity index (χ4n) is 5.32. The summed E-state index contributed by atoms with van der Waals surface area (Å²) in [6, 6.07) is 13.3. The number of benzene rings is 2. The number of nitrogens with zero attached hydrogens (tertiary/aromatic N) is 3. The summed E-state index contributed by atoms with van der Waals surface area (Å²) in [4.78, 5) is 20.8. The van der Waals surface area contributed by atoms with Crippen molar-refractivity contribution >= 4 is 15.5 Å². The van der Waals surface area contributed by atoms with Gasteiger partial charge in [0.05, 0.1) is 28.9 Å². The summed E-state index contributed by atoms with van der Waals surface area (Å²) in [5.41, 5.74) is 1.59. The number of hydrogen-bond donors (Lipinski definition) is 3. The molecule has 4 aromatic rings. The van der Waals surface area contributed by atoms with Gasteiger partial charge in [-0.05, 0) is 50.5 Å². The number of aromatic nitrogens is 4. The van der Waals surface area contributed by atoms with Crippen LogP contribution in [0, 0.1) is 6.92 Å². The lowest BCUT2D eigenvalue weighted by atomic mass is 10.00. The van der Waals surface area contributed by atoms with E-state index in [0.717, 1.165) is 31.5 Å². The Kier molecular flexibility index (Phi) is 8.34. The third-order valence-electron chi connectivity index (χ3n) is 7.39. The third-order valence-corrected chi connectivity index (χ3v) is 8.81. The molecule has 1 atom stereocenters. The lowest BCUT2D eigenvalue weighted by Gasteiger charge is -2.15. The van der Waals surface area contributed by atoms with E-state index in [-0.39, 0.29) is 28.7 Å². The summed E-state index contributed by atoms with van der Waals surface area (Å²) in [5.74, 6) is 1.54. The molecule has 0 bridgehead atoms. The van der Waals surface area contributed by atoms with Crippen molar-refractivity contribution in [2.75, 3.05) is 13.2 Å². The Morgan fingerprint density at radius 1 is 1.12 bits per heavy atom. The normalized spacial score (nSPS) is 15.7. The molecule has 1 aliphatic rings. The summed E-state index contributed by atoms with van der Waals surface area (Å²) in [5, 5.41) is 15.2. The molecular weight excluding hydrogens is 530 g/mol. The van der Waals surface area contributed by atoms with E-state index in [2.05, 4.69) is 9.71 Å². The smallest absolute Gasteiger partial charge is 0.277 e. The van der Waals surface area contributed by atoms with E-state index in [9.17, 15) is 18.3 Å². The number of fused-ring (bicyclic) bond motifs is 1. The zero-order chi connectivity index (χ0) is 28.3. The molecule has 1 unspecified atom stereocenters. The Hall–Kier alpha value is -3.54. The minimum atomic E-state index is -4.01. The lowest BCUT2D eigenvalue weighted by molar-refractivity contribution is 0.182. The summed E-state index contributed by atoms with van der Waals surface area (Å²) in [6.07, 6.45) is 5.55. The molecule has 40 heavy (non-hydrogen) atoms. The molecule has 11 heteroatoms. The van der Waals surface area contributed by atoms with Gasteiger partial charge in [0.2, 0.25) is 10.0 Å². The molecule has 0 radical (unpaired) electrons. The molecule has 2 aromatic carbocycles. The molecule has 212 valence electrons. The van der Waals surface area contributed by atoms with Crippen LogP contribution < -0.4 is 15.0 Å². The number of aliphatic hydroxyl groups excluding tert-OH is 1. The van der Waals surface area contributed by atoms with Gasteiger partial charge in [-0.3, -0.25) is 4.79 Å². The maximum absolute atomic E-state index is 13.3. The largest absolute Gasteiger partial charge is 0.493 e. The molecule has 2 heterocycles. The summed E-state index contributed by atoms with van der Waals surface area (Å²) >= 11 is 0. The van der Waals surface area contributed by atoms with Gasteiger partial charge in [0, 0.05) is 12.5 Å². The molecule has 10 nitrogen and oxygen atoms in total. The zero-order valence-corrected chi connectivity index (χ0v) is 23.6. The van der Waals surface area contributed by atoms with E-state index in [1.54, 1.807) is 41.8 Å². The third kappa shape index (κ3) is 5.81. The van der Waals surface area contributed by atoms with Crippen molar-refractivity contribution in [2.45, 2.75) is 69.3 Å². The molecule has 0 saturated heterocycles. The van der Waals surface area contributed by atoms with E-state index in [4.69, 9.17) is 14.8 Å². The quantitative estimate of drug-likeness (QED) is 0.258. The number of aryl methyl sites for hydroxylation is 1. The number of ether oxygens (including phenoxy) is 1. The summed E-state index contributed by atoms with van der Waals surface area (Å²) in [7, 11) is -4.01. The van der Waals surface area contributed by atoms with Crippen LogP contribution in [-0.2, 0) is 10.0 Å². The van der Waals surface area contributed by atoms with Gasteiger partial charge in [0.1, 0.15) is 11.6 Å². The van der Waals surface area contributed by atoms with Gasteiger partial charge in [-0.1, -0.05) is 56.0 Å². The van der Waals surface area contributed by atoms with Crippen molar-refractivity contribution in [1.29, 1.82) is 0 Å². The number of nitrogens with one attached hydrogen (secondary N) is 2. The van der Waals surface area contributed by atoms with E-state index in [1.165, 1.54) is 25.0 Å². The van der Waals surface area contributed by atoms with E-state index < -0.39 is 16.1 Å². The SMILES string of the molecule is CCOc1ccc(S(=O)(=O)NCC(O)c2ccccc2)cc1-c1nn2c(C3CCCCCC3)nc(C)c2c(=O)[nH]1. The van der Waals surface area contributed by atoms with Crippen molar-refractivity contribution in [3.8, 4) is 17.1 Å². The number of H-pyrrole nitrogens is 1. The minimum absolute atomic E-state index is 0.0419. The number of sulfonamides is 1. The number of rotatable bonds is 9. The van der Waals surface area contributed by atoms with Gasteiger partial charge in [-0.2, -0.15) is 0 Å². The Bertz CT molecular complexity index is 1640. The standard InChI is InChI=1S/C29H35N5O5S/c1-3-39-25-16-15-22(40(37,38)30-18-24(35)20-11-9-6-10-12-20)17-23(25)27-32-29(36)26-19(2)31-28(34(26)33-27)21-13-7-4-5-8-14-21/h6,9-12,15-17,21,24,30,35H,3-5,7-8,13-14,18H2,1-2H3,(H,32,33,36). The second-order valence-corrected chi connectivity index (χ2v) is 11.9. The number of aliphatic hydroxyl groups is 1. The monoisotopic (exact) mass is 565 g/mol.